The molecular formula is C51H60ClF6N14O18PS2. The zero-order valence-corrected chi connectivity index (χ0v) is 53.6. The molecule has 2 atom stereocenters. The van der Waals surface area contributed by atoms with Gasteiger partial charge in [-0.05, 0) is 75.6 Å². The van der Waals surface area contributed by atoms with E-state index in [1.165, 1.54) is 109 Å². The Kier molecular flexibility index (Phi) is 27.9. The lowest BCUT2D eigenvalue weighted by Crippen LogP contribution is -2.40. The Hall–Kier alpha value is -9.37. The van der Waals surface area contributed by atoms with Crippen molar-refractivity contribution in [2.45, 2.75) is 74.5 Å². The maximum atomic E-state index is 12.9. The molecule has 93 heavy (non-hydrogen) atoms. The molecule has 6 aromatic rings. The number of nitrogens with two attached hydrogens (primary N) is 1. The third-order valence-electron chi connectivity index (χ3n) is 11.1. The van der Waals surface area contributed by atoms with Crippen LogP contribution in [0.3, 0.4) is 0 Å². The molecule has 42 heteroatoms. The van der Waals surface area contributed by atoms with Gasteiger partial charge >= 0.3 is 48.1 Å². The van der Waals surface area contributed by atoms with Gasteiger partial charge in [-0.1, -0.05) is 29.8 Å². The first kappa shape index (κ1) is 77.9. The number of urea groups is 2. The van der Waals surface area contributed by atoms with Gasteiger partial charge in [0.25, 0.3) is 31.5 Å². The number of aryl methyl sites for hydroxylation is 2. The number of carbonyl (C=O) groups is 5. The molecule has 8 N–H and O–H groups in total. The monoisotopic (exact) mass is 1400 g/mol. The second kappa shape index (κ2) is 33.3. The first-order valence-electron chi connectivity index (χ1n) is 25.9. The van der Waals surface area contributed by atoms with Crippen LogP contribution in [0, 0.1) is 6.92 Å². The number of rotatable bonds is 19. The van der Waals surface area contributed by atoms with Crippen LogP contribution in [0.5, 0.6) is 17.8 Å². The summed E-state index contributed by atoms with van der Waals surface area (Å²) in [6.45, 7) is 5.92. The van der Waals surface area contributed by atoms with E-state index in [1.807, 2.05) is 0 Å². The Morgan fingerprint density at radius 3 is 1.88 bits per heavy atom. The van der Waals surface area contributed by atoms with Gasteiger partial charge in [-0.25, -0.2) is 46.6 Å². The Morgan fingerprint density at radius 2 is 1.37 bits per heavy atom. The largest absolute Gasteiger partial charge is 0.481 e. The highest BCUT2D eigenvalue weighted by Gasteiger charge is 2.36. The summed E-state index contributed by atoms with van der Waals surface area (Å²) < 4.78 is 161. The number of methoxy groups -OCH3 is 3. The summed E-state index contributed by atoms with van der Waals surface area (Å²) in [7, 11) is -4.20. The quantitative estimate of drug-likeness (QED) is 0.0326. The third kappa shape index (κ3) is 24.6. The number of ether oxygens (including phenoxy) is 4. The maximum absolute atomic E-state index is 12.9. The molecular weight excluding hydrogens is 1340 g/mol. The average molecular weight is 1400 g/mol. The van der Waals surface area contributed by atoms with Crippen molar-refractivity contribution in [3.05, 3.63) is 127 Å². The van der Waals surface area contributed by atoms with Gasteiger partial charge in [0, 0.05) is 52.7 Å². The van der Waals surface area contributed by atoms with Crippen molar-refractivity contribution in [2.24, 2.45) is 12.8 Å². The number of nitrogens with one attached hydrogen (secondary N) is 4. The first-order chi connectivity index (χ1) is 42.9. The second-order valence-corrected chi connectivity index (χ2v) is 25.2. The zero-order chi connectivity index (χ0) is 70.7. The predicted molar refractivity (Wildman–Crippen MR) is 317 cm³/mol. The van der Waals surface area contributed by atoms with Crippen LogP contribution in [-0.4, -0.2) is 167 Å². The number of sulfonamides is 2. The smallest absolute Gasteiger partial charge is 0.431 e. The molecule has 0 saturated carbocycles. The minimum Gasteiger partial charge on any atom is -0.481 e. The lowest BCUT2D eigenvalue weighted by atomic mass is 10.1. The highest BCUT2D eigenvalue weighted by Crippen LogP contribution is 2.36. The van der Waals surface area contributed by atoms with E-state index in [0.29, 0.717) is 15.2 Å². The van der Waals surface area contributed by atoms with Gasteiger partial charge in [-0.15, -0.1) is 0 Å². The number of carboxylic acid groups (broad SMARTS) is 1. The number of anilines is 2. The molecule has 32 nitrogen and oxygen atoms in total. The zero-order valence-electron chi connectivity index (χ0n) is 50.3. The van der Waals surface area contributed by atoms with Gasteiger partial charge in [-0.2, -0.15) is 59.7 Å². The molecule has 2 unspecified atom stereocenters. The summed E-state index contributed by atoms with van der Waals surface area (Å²) in [6, 6.07) is 9.59. The molecule has 0 aliphatic carbocycles. The number of pyridine rings is 1. The molecule has 0 bridgehead atoms. The number of carboxylic acids is 1. The summed E-state index contributed by atoms with van der Waals surface area (Å²) in [6.07, 6.45) is -10.3. The third-order valence-corrected chi connectivity index (χ3v) is 15.2. The normalized spacial score (nSPS) is 12.3. The topological polar surface area (TPSA) is 447 Å². The predicted octanol–water partition coefficient (Wildman–Crippen LogP) is 4.76. The van der Waals surface area contributed by atoms with E-state index in [2.05, 4.69) is 40.5 Å². The number of benzene rings is 2. The van der Waals surface area contributed by atoms with Gasteiger partial charge in [0.1, 0.15) is 17.6 Å². The van der Waals surface area contributed by atoms with E-state index in [-0.39, 0.29) is 75.5 Å². The fourth-order valence-electron chi connectivity index (χ4n) is 6.86. The number of aromatic nitrogens is 8. The summed E-state index contributed by atoms with van der Waals surface area (Å²) >= 11 is 5.94. The molecule has 2 aromatic carbocycles. The molecule has 0 radical (unpaired) electrons. The number of carbonyl (C=O) groups excluding carboxylic acids is 4. The van der Waals surface area contributed by atoms with Crippen LogP contribution < -0.4 is 51.3 Å². The molecule has 0 aliphatic rings. The molecule has 0 saturated heterocycles. The Balaban J connectivity index is 0.000000337. The Labute approximate surface area is 529 Å². The van der Waals surface area contributed by atoms with Crippen molar-refractivity contribution in [1.29, 1.82) is 0 Å². The summed E-state index contributed by atoms with van der Waals surface area (Å²) in [5.74, 6) is -2.64. The summed E-state index contributed by atoms with van der Waals surface area (Å²) in [5, 5.41) is 12.0. The van der Waals surface area contributed by atoms with Crippen molar-refractivity contribution in [2.75, 3.05) is 58.9 Å². The molecule has 6 rings (SSSR count). The van der Waals surface area contributed by atoms with Crippen LogP contribution >= 0.6 is 19.0 Å². The SMILES string of the molecule is CC(C)OC(=O)c1cc(-n2c(=O)cc(C(F)(F)F)n(C)c2=O)ccc1Cl.COc1cc(OC)nc(NC(=O)NS(=O)(=O)c2ncccc2C(=O)N(C)C)n1.COc1nc(C)nc(NC(=O)NS(=O)(=O)c2ccccc2CCC(F)(F)F)n1.CP(=O)(O)CCC(N)C(=O)O. The number of hydrogen-bond acceptors (Lipinski definition) is 23. The van der Waals surface area contributed by atoms with Crippen LogP contribution in [-0.2, 0) is 53.8 Å². The van der Waals surface area contributed by atoms with Crippen LogP contribution in [0.15, 0.2) is 92.4 Å². The maximum Gasteiger partial charge on any atom is 0.431 e. The molecule has 0 aliphatic heterocycles. The van der Waals surface area contributed by atoms with Gasteiger partial charge in [0.05, 0.1) is 60.2 Å². The van der Waals surface area contributed by atoms with Crippen LogP contribution in [0.4, 0.5) is 47.8 Å². The van der Waals surface area contributed by atoms with Crippen LogP contribution in [0.1, 0.15) is 64.5 Å². The van der Waals surface area contributed by atoms with Crippen molar-refractivity contribution < 1.29 is 101 Å². The summed E-state index contributed by atoms with van der Waals surface area (Å²) in [5.41, 5.74) is 0.828. The van der Waals surface area contributed by atoms with Crippen molar-refractivity contribution >= 4 is 80.8 Å². The fraction of sp³-hybridized carbons (Fsp3) is 0.353. The number of alkyl halides is 6. The summed E-state index contributed by atoms with van der Waals surface area (Å²) in [4.78, 5) is 115. The number of halogens is 7. The van der Waals surface area contributed by atoms with Gasteiger partial charge in [0.15, 0.2) is 12.4 Å². The molecule has 0 fully saturated rings. The van der Waals surface area contributed by atoms with E-state index in [1.54, 1.807) is 23.3 Å². The van der Waals surface area contributed by atoms with Crippen LogP contribution in [0.25, 0.3) is 5.69 Å². The fourth-order valence-corrected chi connectivity index (χ4v) is 10.0. The van der Waals surface area contributed by atoms with Crippen molar-refractivity contribution in [3.63, 3.8) is 0 Å². The van der Waals surface area contributed by atoms with Gasteiger partial charge in [-0.3, -0.25) is 34.1 Å². The first-order valence-corrected chi connectivity index (χ1v) is 31.5. The lowest BCUT2D eigenvalue weighted by Gasteiger charge is -2.15. The van der Waals surface area contributed by atoms with E-state index >= 15 is 0 Å². The lowest BCUT2D eigenvalue weighted by molar-refractivity contribution is -0.144. The number of nitrogens with zero attached hydrogens (tertiary/aromatic N) is 9. The number of amides is 5. The Morgan fingerprint density at radius 1 is 0.796 bits per heavy atom. The number of esters is 1. The highest BCUT2D eigenvalue weighted by molar-refractivity contribution is 7.90. The minimum atomic E-state index is -4.86. The standard InChI is InChI=1S/C16H14ClF3N2O4.C15H16F3N5O4S.C15H18N6O6S.C5H12NO4P/c1-8(2)26-14(24)10-6-9(4-5-11(10)17)22-13(23)7-12(16(18,19)20)21(3)15(22)25;1-9-19-12(22-14(20-9)27-2)21-13(24)23-28(25,26)11-6-4-3-5-10(11)7-8-15(16,17)18;1-21(2)13(22)9-6-5-7-16-12(9)28(24,25)20-15(23)19-14-17-10(26-3)8-11(18-14)27-4;1-11(9,10)3-2-4(6)5(7)8/h4-8H,1-3H3;3-6H,7-8H2,1-2H3,(H2,19,20,21,22,23,24);5-8H,1-4H3,(H2,17,18,19,20,23);4H,2-3,6H2,1H3,(H,7,8)(H,9,10). The van der Waals surface area contributed by atoms with Crippen molar-refractivity contribution in [3.8, 4) is 23.5 Å². The second-order valence-electron chi connectivity index (χ2n) is 19.0. The van der Waals surface area contributed by atoms with E-state index < -0.39 is 122 Å². The number of aliphatic carboxylic acids is 1. The van der Waals surface area contributed by atoms with Crippen LogP contribution in [0.2, 0.25) is 5.02 Å². The molecule has 4 aromatic heterocycles. The Bertz CT molecular complexity index is 4080. The average Bonchev–Trinajstić information content (AvgIpc) is 0.785. The molecule has 4 heterocycles. The minimum absolute atomic E-state index is 0.0104. The van der Waals surface area contributed by atoms with E-state index in [0.717, 1.165) is 19.2 Å². The van der Waals surface area contributed by atoms with Gasteiger partial charge in [0.2, 0.25) is 23.7 Å². The molecule has 0 spiro atoms. The molecule has 508 valence electrons. The van der Waals surface area contributed by atoms with Gasteiger partial charge < -0.3 is 39.6 Å². The van der Waals surface area contributed by atoms with E-state index in [9.17, 15) is 81.3 Å². The van der Waals surface area contributed by atoms with E-state index in [4.69, 9.17) is 46.3 Å². The van der Waals surface area contributed by atoms with Crippen molar-refractivity contribution in [1.82, 2.24) is 53.4 Å². The molecule has 5 amide bonds. The highest BCUT2D eigenvalue weighted by atomic mass is 35.5. The number of hydrogen-bond donors (Lipinski definition) is 7.